The molecule has 1 spiro atoms. The number of allylic oxidation sites excluding steroid dienone is 3. The van der Waals surface area contributed by atoms with E-state index in [9.17, 15) is 0 Å². The van der Waals surface area contributed by atoms with Gasteiger partial charge in [0, 0.05) is 33.2 Å². The van der Waals surface area contributed by atoms with Crippen molar-refractivity contribution in [3.8, 4) is 61.8 Å². The minimum Gasteiger partial charge on any atom is -0.309 e. The fourth-order valence-electron chi connectivity index (χ4n) is 10.3. The first kappa shape index (κ1) is 35.0. The number of hydrogen-bond donors (Lipinski definition) is 0. The van der Waals surface area contributed by atoms with Crippen LogP contribution in [0.1, 0.15) is 35.0 Å². The van der Waals surface area contributed by atoms with E-state index >= 15 is 0 Å². The van der Waals surface area contributed by atoms with E-state index in [0.29, 0.717) is 17.5 Å². The van der Waals surface area contributed by atoms with Crippen molar-refractivity contribution in [2.45, 2.75) is 12.3 Å². The molecular formula is C57H38N4. The zero-order valence-corrected chi connectivity index (χ0v) is 33.5. The normalized spacial score (nSPS) is 14.9. The Hall–Kier alpha value is -7.95. The maximum absolute atomic E-state index is 5.14. The largest absolute Gasteiger partial charge is 0.309 e. The average Bonchev–Trinajstić information content (AvgIpc) is 3.94. The molecule has 0 saturated carbocycles. The molecule has 2 aromatic heterocycles. The summed E-state index contributed by atoms with van der Waals surface area (Å²) in [6.45, 7) is 6.06. The first-order valence-corrected chi connectivity index (χ1v) is 20.8. The summed E-state index contributed by atoms with van der Waals surface area (Å²) in [5.74, 6) is 1.86. The average molecular weight is 779 g/mol. The fourth-order valence-corrected chi connectivity index (χ4v) is 10.3. The number of rotatable bonds is 6. The molecule has 286 valence electrons. The standard InChI is InChI=1S/C57H38N4/c1-3-36(4-2)54-58-55(37-18-7-5-8-19-37)60-56(59-54)39-30-32-43-42-22-11-14-26-47(42)57(50(43)35-39)48-27-15-12-24-45(48)53-41(25-17-28-49(53)57)38-31-33-52-46(34-38)44-23-13-16-29-51(44)61(52)40-20-9-6-10-21-40/h3-35H,1H2,2H3. The van der Waals surface area contributed by atoms with E-state index in [2.05, 4.69) is 169 Å². The molecular weight excluding hydrogens is 741 g/mol. The van der Waals surface area contributed by atoms with Gasteiger partial charge in [0.25, 0.3) is 0 Å². The van der Waals surface area contributed by atoms with Crippen LogP contribution < -0.4 is 0 Å². The van der Waals surface area contributed by atoms with Crippen LogP contribution in [0.25, 0.3) is 89.2 Å². The molecule has 0 fully saturated rings. The second-order valence-corrected chi connectivity index (χ2v) is 15.9. The quantitative estimate of drug-likeness (QED) is 0.158. The number of hydrogen-bond acceptors (Lipinski definition) is 3. The molecule has 0 bridgehead atoms. The summed E-state index contributed by atoms with van der Waals surface area (Å²) in [5.41, 5.74) is 18.2. The second kappa shape index (κ2) is 13.6. The van der Waals surface area contributed by atoms with E-state index in [1.54, 1.807) is 0 Å². The van der Waals surface area contributed by atoms with E-state index in [-0.39, 0.29) is 0 Å². The van der Waals surface area contributed by atoms with Crippen molar-refractivity contribution in [2.24, 2.45) is 0 Å². The van der Waals surface area contributed by atoms with Crippen molar-refractivity contribution < 1.29 is 0 Å². The van der Waals surface area contributed by atoms with E-state index < -0.39 is 5.41 Å². The molecule has 2 aliphatic rings. The molecule has 2 heterocycles. The van der Waals surface area contributed by atoms with Crippen molar-refractivity contribution in [3.05, 3.63) is 235 Å². The van der Waals surface area contributed by atoms with Crippen molar-refractivity contribution in [1.29, 1.82) is 0 Å². The predicted molar refractivity (Wildman–Crippen MR) is 251 cm³/mol. The van der Waals surface area contributed by atoms with Gasteiger partial charge in [-0.3, -0.25) is 0 Å². The number of aromatic nitrogens is 4. The van der Waals surface area contributed by atoms with Crippen LogP contribution in [0.4, 0.5) is 0 Å². The summed E-state index contributed by atoms with van der Waals surface area (Å²) in [4.78, 5) is 15.2. The highest BCUT2D eigenvalue weighted by Gasteiger charge is 2.52. The van der Waals surface area contributed by atoms with Crippen LogP contribution in [0.2, 0.25) is 0 Å². The van der Waals surface area contributed by atoms with Gasteiger partial charge in [-0.05, 0) is 99.0 Å². The third-order valence-electron chi connectivity index (χ3n) is 12.8. The third kappa shape index (κ3) is 5.03. The zero-order valence-electron chi connectivity index (χ0n) is 33.5. The monoisotopic (exact) mass is 778 g/mol. The Morgan fingerprint density at radius 2 is 1.08 bits per heavy atom. The van der Waals surface area contributed by atoms with E-state index in [1.165, 1.54) is 77.4 Å². The topological polar surface area (TPSA) is 43.6 Å². The molecule has 0 amide bonds. The first-order valence-electron chi connectivity index (χ1n) is 20.8. The maximum atomic E-state index is 5.14. The third-order valence-corrected chi connectivity index (χ3v) is 12.8. The Labute approximate surface area is 354 Å². The molecule has 1 unspecified atom stereocenters. The minimum atomic E-state index is -0.564. The predicted octanol–water partition coefficient (Wildman–Crippen LogP) is 13.9. The molecule has 8 aromatic carbocycles. The van der Waals surface area contributed by atoms with Crippen LogP contribution in [-0.4, -0.2) is 19.5 Å². The lowest BCUT2D eigenvalue weighted by Gasteiger charge is -2.30. The molecule has 0 aliphatic heterocycles. The van der Waals surface area contributed by atoms with Gasteiger partial charge in [0.05, 0.1) is 16.4 Å². The molecule has 2 aliphatic carbocycles. The SMILES string of the molecule is C=CC(=CC)c1nc(-c2ccccc2)nc(-c2ccc3c(c2)C2(c4ccccc4-3)c3ccccc3-c3c(-c4ccc5c(c4)c4ccccc4n5-c4ccccc4)cccc32)n1. The van der Waals surface area contributed by atoms with Gasteiger partial charge in [-0.2, -0.15) is 0 Å². The Balaban J connectivity index is 1.10. The van der Waals surface area contributed by atoms with Crippen LogP contribution in [-0.2, 0) is 5.41 Å². The number of para-hydroxylation sites is 2. The lowest BCUT2D eigenvalue weighted by molar-refractivity contribution is 0.794. The molecule has 10 aromatic rings. The van der Waals surface area contributed by atoms with Gasteiger partial charge in [-0.15, -0.1) is 0 Å². The van der Waals surface area contributed by atoms with Crippen LogP contribution in [0, 0.1) is 0 Å². The molecule has 0 N–H and O–H groups in total. The van der Waals surface area contributed by atoms with Gasteiger partial charge in [-0.1, -0.05) is 170 Å². The van der Waals surface area contributed by atoms with Gasteiger partial charge in [0.1, 0.15) is 0 Å². The molecule has 0 saturated heterocycles. The van der Waals surface area contributed by atoms with E-state index in [0.717, 1.165) is 22.4 Å². The van der Waals surface area contributed by atoms with E-state index in [4.69, 9.17) is 15.0 Å². The second-order valence-electron chi connectivity index (χ2n) is 15.9. The Morgan fingerprint density at radius 1 is 0.475 bits per heavy atom. The number of benzene rings is 8. The highest BCUT2D eigenvalue weighted by Crippen LogP contribution is 2.64. The lowest BCUT2D eigenvalue weighted by Crippen LogP contribution is -2.26. The summed E-state index contributed by atoms with van der Waals surface area (Å²) in [6, 6.07) is 68.3. The number of nitrogens with zero attached hydrogens (tertiary/aromatic N) is 4. The van der Waals surface area contributed by atoms with Crippen molar-refractivity contribution in [1.82, 2.24) is 19.5 Å². The van der Waals surface area contributed by atoms with Gasteiger partial charge >= 0.3 is 0 Å². The van der Waals surface area contributed by atoms with Crippen LogP contribution in [0.5, 0.6) is 0 Å². The summed E-state index contributed by atoms with van der Waals surface area (Å²) >= 11 is 0. The Kier molecular flexibility index (Phi) is 7.78. The summed E-state index contributed by atoms with van der Waals surface area (Å²) in [6.07, 6.45) is 3.81. The Morgan fingerprint density at radius 3 is 1.87 bits per heavy atom. The maximum Gasteiger partial charge on any atom is 0.164 e. The van der Waals surface area contributed by atoms with Crippen LogP contribution >= 0.6 is 0 Å². The van der Waals surface area contributed by atoms with Gasteiger partial charge in [0.2, 0.25) is 0 Å². The summed E-state index contributed by atoms with van der Waals surface area (Å²) in [7, 11) is 0. The minimum absolute atomic E-state index is 0.564. The lowest BCUT2D eigenvalue weighted by atomic mass is 9.70. The van der Waals surface area contributed by atoms with Gasteiger partial charge in [0.15, 0.2) is 17.5 Å². The molecule has 0 radical (unpaired) electrons. The summed E-state index contributed by atoms with van der Waals surface area (Å²) < 4.78 is 2.38. The molecule has 4 nitrogen and oxygen atoms in total. The van der Waals surface area contributed by atoms with E-state index in [1.807, 2.05) is 49.4 Å². The first-order chi connectivity index (χ1) is 30.2. The molecule has 1 atom stereocenters. The van der Waals surface area contributed by atoms with Crippen molar-refractivity contribution in [3.63, 3.8) is 0 Å². The van der Waals surface area contributed by atoms with Crippen molar-refractivity contribution in [2.75, 3.05) is 0 Å². The zero-order chi connectivity index (χ0) is 40.7. The Bertz CT molecular complexity index is 3450. The van der Waals surface area contributed by atoms with Crippen LogP contribution in [0.3, 0.4) is 0 Å². The highest BCUT2D eigenvalue weighted by atomic mass is 15.0. The van der Waals surface area contributed by atoms with Crippen LogP contribution in [0.15, 0.2) is 207 Å². The van der Waals surface area contributed by atoms with Gasteiger partial charge in [-0.25, -0.2) is 15.0 Å². The van der Waals surface area contributed by atoms with Crippen molar-refractivity contribution >= 4 is 27.4 Å². The molecule has 61 heavy (non-hydrogen) atoms. The number of fused-ring (bicyclic) bond motifs is 13. The molecule has 12 rings (SSSR count). The fraction of sp³-hybridized carbons (Fsp3) is 0.0351. The van der Waals surface area contributed by atoms with Gasteiger partial charge < -0.3 is 4.57 Å². The molecule has 4 heteroatoms. The highest BCUT2D eigenvalue weighted by molar-refractivity contribution is 6.11. The summed E-state index contributed by atoms with van der Waals surface area (Å²) in [5, 5.41) is 2.48. The smallest absolute Gasteiger partial charge is 0.164 e.